The van der Waals surface area contributed by atoms with E-state index in [2.05, 4.69) is 28.5 Å². The third-order valence-electron chi connectivity index (χ3n) is 4.71. The van der Waals surface area contributed by atoms with Crippen molar-refractivity contribution in [2.24, 2.45) is 5.92 Å². The number of hydrogen-bond donors (Lipinski definition) is 1. The number of nitrogens with one attached hydrogen (secondary N) is 1. The molecule has 5 heteroatoms. The van der Waals surface area contributed by atoms with Gasteiger partial charge in [-0.25, -0.2) is 4.98 Å². The predicted octanol–water partition coefficient (Wildman–Crippen LogP) is 3.95. The molecule has 3 rings (SSSR count). The Morgan fingerprint density at radius 3 is 2.81 bits per heavy atom. The topological polar surface area (TPSA) is 55.6 Å². The number of rotatable bonds is 7. The summed E-state index contributed by atoms with van der Waals surface area (Å²) in [6.07, 6.45) is 4.24. The van der Waals surface area contributed by atoms with Gasteiger partial charge in [0.15, 0.2) is 0 Å². The summed E-state index contributed by atoms with van der Waals surface area (Å²) in [5, 5.41) is 3.03. The number of methoxy groups -OCH3 is 1. The van der Waals surface area contributed by atoms with Gasteiger partial charge in [-0.05, 0) is 42.2 Å². The SMILES string of the molecule is COc1cccc([C@H](CC(=O)NCC(C)C)c2cnc3c(C)cccn23)c1. The number of fused-ring (bicyclic) bond motifs is 1. The smallest absolute Gasteiger partial charge is 0.221 e. The molecule has 0 saturated heterocycles. The Morgan fingerprint density at radius 2 is 2.07 bits per heavy atom. The van der Waals surface area contributed by atoms with E-state index in [-0.39, 0.29) is 11.8 Å². The van der Waals surface area contributed by atoms with Crippen LogP contribution in [-0.2, 0) is 4.79 Å². The largest absolute Gasteiger partial charge is 0.497 e. The Bertz CT molecular complexity index is 930. The number of aromatic nitrogens is 2. The van der Waals surface area contributed by atoms with E-state index in [9.17, 15) is 4.79 Å². The minimum atomic E-state index is -0.107. The lowest BCUT2D eigenvalue weighted by molar-refractivity contribution is -0.121. The highest BCUT2D eigenvalue weighted by Gasteiger charge is 2.22. The van der Waals surface area contributed by atoms with Gasteiger partial charge in [0.25, 0.3) is 0 Å². The first kappa shape index (κ1) is 19.0. The quantitative estimate of drug-likeness (QED) is 0.690. The number of carbonyl (C=O) groups is 1. The third-order valence-corrected chi connectivity index (χ3v) is 4.71. The fourth-order valence-corrected chi connectivity index (χ4v) is 3.26. The van der Waals surface area contributed by atoms with Crippen molar-refractivity contribution in [2.75, 3.05) is 13.7 Å². The normalized spacial score (nSPS) is 12.3. The lowest BCUT2D eigenvalue weighted by Crippen LogP contribution is -2.29. The monoisotopic (exact) mass is 365 g/mol. The maximum Gasteiger partial charge on any atom is 0.221 e. The standard InChI is InChI=1S/C22H27N3O2/c1-15(2)13-23-21(26)12-19(17-8-5-9-18(11-17)27-4)20-14-24-22-16(3)7-6-10-25(20)22/h5-11,14-15,19H,12-13H2,1-4H3,(H,23,26)/t19-/m0/s1. The molecule has 0 aliphatic rings. The Balaban J connectivity index is 2.00. The van der Waals surface area contributed by atoms with E-state index in [0.29, 0.717) is 18.9 Å². The number of imidazole rings is 1. The molecule has 2 heterocycles. The lowest BCUT2D eigenvalue weighted by Gasteiger charge is -2.18. The summed E-state index contributed by atoms with van der Waals surface area (Å²) in [6.45, 7) is 6.90. The first-order chi connectivity index (χ1) is 13.0. The van der Waals surface area contributed by atoms with Crippen LogP contribution in [0.1, 0.15) is 43.0 Å². The van der Waals surface area contributed by atoms with Crippen LogP contribution in [0.5, 0.6) is 5.75 Å². The van der Waals surface area contributed by atoms with Gasteiger partial charge in [0.05, 0.1) is 12.8 Å². The van der Waals surface area contributed by atoms with Crippen LogP contribution in [0.2, 0.25) is 0 Å². The summed E-state index contributed by atoms with van der Waals surface area (Å²) >= 11 is 0. The summed E-state index contributed by atoms with van der Waals surface area (Å²) in [5.41, 5.74) is 4.07. The van der Waals surface area contributed by atoms with Crippen molar-refractivity contribution in [1.29, 1.82) is 0 Å². The number of aryl methyl sites for hydroxylation is 1. The highest BCUT2D eigenvalue weighted by molar-refractivity contribution is 5.77. The molecule has 1 atom stereocenters. The number of nitrogens with zero attached hydrogens (tertiary/aromatic N) is 2. The lowest BCUT2D eigenvalue weighted by atomic mass is 9.92. The Labute approximate surface area is 160 Å². The van der Waals surface area contributed by atoms with Crippen LogP contribution >= 0.6 is 0 Å². The van der Waals surface area contributed by atoms with E-state index in [0.717, 1.165) is 28.2 Å². The van der Waals surface area contributed by atoms with Crippen molar-refractivity contribution in [1.82, 2.24) is 14.7 Å². The number of benzene rings is 1. The second-order valence-electron chi connectivity index (χ2n) is 7.30. The predicted molar refractivity (Wildman–Crippen MR) is 107 cm³/mol. The van der Waals surface area contributed by atoms with E-state index in [1.54, 1.807) is 7.11 Å². The first-order valence-corrected chi connectivity index (χ1v) is 9.32. The molecule has 0 saturated carbocycles. The molecule has 0 unspecified atom stereocenters. The van der Waals surface area contributed by atoms with Gasteiger partial charge in [-0.1, -0.05) is 32.0 Å². The zero-order valence-electron chi connectivity index (χ0n) is 16.4. The Kier molecular flexibility index (Phi) is 5.79. The van der Waals surface area contributed by atoms with Crippen LogP contribution in [0.15, 0.2) is 48.8 Å². The van der Waals surface area contributed by atoms with Gasteiger partial charge in [-0.3, -0.25) is 4.79 Å². The number of carbonyl (C=O) groups excluding carboxylic acids is 1. The zero-order valence-corrected chi connectivity index (χ0v) is 16.4. The van der Waals surface area contributed by atoms with Crippen molar-refractivity contribution in [3.63, 3.8) is 0 Å². The van der Waals surface area contributed by atoms with Gasteiger partial charge >= 0.3 is 0 Å². The maximum atomic E-state index is 12.6. The maximum absolute atomic E-state index is 12.6. The molecule has 5 nitrogen and oxygen atoms in total. The Hall–Kier alpha value is -2.82. The molecular formula is C22H27N3O2. The highest BCUT2D eigenvalue weighted by atomic mass is 16.5. The molecule has 1 amide bonds. The van der Waals surface area contributed by atoms with Crippen molar-refractivity contribution < 1.29 is 9.53 Å². The summed E-state index contributed by atoms with van der Waals surface area (Å²) in [7, 11) is 1.65. The molecule has 142 valence electrons. The molecule has 0 fully saturated rings. The number of pyridine rings is 1. The third kappa shape index (κ3) is 4.30. The summed E-state index contributed by atoms with van der Waals surface area (Å²) in [6, 6.07) is 12.0. The zero-order chi connectivity index (χ0) is 19.4. The van der Waals surface area contributed by atoms with E-state index >= 15 is 0 Å². The molecule has 1 N–H and O–H groups in total. The first-order valence-electron chi connectivity index (χ1n) is 9.32. The molecule has 0 radical (unpaired) electrons. The summed E-state index contributed by atoms with van der Waals surface area (Å²) in [4.78, 5) is 17.2. The van der Waals surface area contributed by atoms with Crippen LogP contribution in [0.25, 0.3) is 5.65 Å². The van der Waals surface area contributed by atoms with Crippen LogP contribution in [0.3, 0.4) is 0 Å². The van der Waals surface area contributed by atoms with Gasteiger partial charge in [-0.15, -0.1) is 0 Å². The second kappa shape index (κ2) is 8.25. The van der Waals surface area contributed by atoms with Gasteiger partial charge in [0.2, 0.25) is 5.91 Å². The average Bonchev–Trinajstić information content (AvgIpc) is 3.09. The Morgan fingerprint density at radius 1 is 1.26 bits per heavy atom. The molecule has 2 aromatic heterocycles. The molecule has 0 bridgehead atoms. The van der Waals surface area contributed by atoms with Crippen LogP contribution in [0.4, 0.5) is 0 Å². The van der Waals surface area contributed by atoms with Crippen molar-refractivity contribution in [3.8, 4) is 5.75 Å². The van der Waals surface area contributed by atoms with Crippen LogP contribution in [0, 0.1) is 12.8 Å². The van der Waals surface area contributed by atoms with Crippen LogP contribution in [-0.4, -0.2) is 28.9 Å². The van der Waals surface area contributed by atoms with Gasteiger partial charge in [0.1, 0.15) is 11.4 Å². The van der Waals surface area contributed by atoms with Gasteiger partial charge in [0, 0.05) is 31.3 Å². The summed E-state index contributed by atoms with van der Waals surface area (Å²) < 4.78 is 7.47. The summed E-state index contributed by atoms with van der Waals surface area (Å²) in [5.74, 6) is 1.14. The fourth-order valence-electron chi connectivity index (χ4n) is 3.26. The van der Waals surface area contributed by atoms with Crippen molar-refractivity contribution >= 4 is 11.6 Å². The average molecular weight is 365 g/mol. The molecule has 1 aromatic carbocycles. The van der Waals surface area contributed by atoms with E-state index in [1.807, 2.05) is 55.7 Å². The molecular weight excluding hydrogens is 338 g/mol. The number of amides is 1. The van der Waals surface area contributed by atoms with Crippen LogP contribution < -0.4 is 10.1 Å². The van der Waals surface area contributed by atoms with Crippen molar-refractivity contribution in [3.05, 3.63) is 65.6 Å². The molecule has 0 aliphatic heterocycles. The van der Waals surface area contributed by atoms with E-state index in [1.165, 1.54) is 0 Å². The molecule has 3 aromatic rings. The highest BCUT2D eigenvalue weighted by Crippen LogP contribution is 2.31. The molecule has 0 aliphatic carbocycles. The number of ether oxygens (including phenoxy) is 1. The van der Waals surface area contributed by atoms with E-state index in [4.69, 9.17) is 4.74 Å². The number of hydrogen-bond acceptors (Lipinski definition) is 3. The van der Waals surface area contributed by atoms with E-state index < -0.39 is 0 Å². The molecule has 27 heavy (non-hydrogen) atoms. The molecule has 0 spiro atoms. The van der Waals surface area contributed by atoms with Gasteiger partial charge in [-0.2, -0.15) is 0 Å². The second-order valence-corrected chi connectivity index (χ2v) is 7.30. The fraction of sp³-hybridized carbons (Fsp3) is 0.364. The minimum absolute atomic E-state index is 0.0409. The van der Waals surface area contributed by atoms with Gasteiger partial charge < -0.3 is 14.5 Å². The minimum Gasteiger partial charge on any atom is -0.497 e. The van der Waals surface area contributed by atoms with Crippen molar-refractivity contribution in [2.45, 2.75) is 33.1 Å².